The van der Waals surface area contributed by atoms with Gasteiger partial charge in [-0.2, -0.15) is 5.10 Å². The smallest absolute Gasteiger partial charge is 0.275 e. The van der Waals surface area contributed by atoms with E-state index < -0.39 is 0 Å². The Hall–Kier alpha value is -2.21. The molecule has 0 aliphatic carbocycles. The number of nitrogens with zero attached hydrogens (tertiary/aromatic N) is 3. The third-order valence-corrected chi connectivity index (χ3v) is 3.71. The van der Waals surface area contributed by atoms with Gasteiger partial charge in [-0.25, -0.2) is 4.98 Å². The Morgan fingerprint density at radius 2 is 2.21 bits per heavy atom. The number of thiazole rings is 1. The summed E-state index contributed by atoms with van der Waals surface area (Å²) in [4.78, 5) is 16.5. The zero-order valence-electron chi connectivity index (χ0n) is 10.3. The van der Waals surface area contributed by atoms with E-state index in [0.717, 1.165) is 10.2 Å². The van der Waals surface area contributed by atoms with Gasteiger partial charge in [0.1, 0.15) is 5.69 Å². The molecule has 0 spiro atoms. The summed E-state index contributed by atoms with van der Waals surface area (Å²) >= 11 is 1.46. The molecule has 2 heterocycles. The molecule has 2 aromatic heterocycles. The van der Waals surface area contributed by atoms with Crippen molar-refractivity contribution in [2.75, 3.05) is 5.32 Å². The van der Waals surface area contributed by atoms with E-state index in [4.69, 9.17) is 0 Å². The molecule has 3 aromatic rings. The summed E-state index contributed by atoms with van der Waals surface area (Å²) in [5.74, 6) is -0.182. The van der Waals surface area contributed by atoms with Crippen LogP contribution in [0.5, 0.6) is 0 Å². The molecular weight excluding hydrogens is 260 g/mol. The molecule has 6 heteroatoms. The van der Waals surface area contributed by atoms with Gasteiger partial charge in [0.2, 0.25) is 0 Å². The van der Waals surface area contributed by atoms with Crippen LogP contribution in [0.4, 0.5) is 5.13 Å². The SMILES string of the molecule is CCn1nccc1C(=O)Nc1nc2ccccc2s1. The molecule has 0 fully saturated rings. The number of aromatic nitrogens is 3. The molecule has 0 bridgehead atoms. The van der Waals surface area contributed by atoms with Gasteiger partial charge in [0, 0.05) is 12.7 Å². The quantitative estimate of drug-likeness (QED) is 0.797. The second kappa shape index (κ2) is 4.81. The lowest BCUT2D eigenvalue weighted by atomic mass is 10.3. The van der Waals surface area contributed by atoms with Gasteiger partial charge < -0.3 is 0 Å². The van der Waals surface area contributed by atoms with Crippen LogP contribution in [0.2, 0.25) is 0 Å². The largest absolute Gasteiger partial charge is 0.296 e. The standard InChI is InChI=1S/C13H12N4OS/c1-2-17-10(7-8-14-17)12(18)16-13-15-9-5-3-4-6-11(9)19-13/h3-8H,2H2,1H3,(H,15,16,18). The molecule has 0 saturated heterocycles. The second-order valence-corrected chi connectivity index (χ2v) is 5.00. The molecule has 1 amide bonds. The zero-order valence-corrected chi connectivity index (χ0v) is 11.1. The number of para-hydroxylation sites is 1. The number of hydrogen-bond acceptors (Lipinski definition) is 4. The minimum absolute atomic E-state index is 0.182. The number of rotatable bonds is 3. The number of aryl methyl sites for hydroxylation is 1. The van der Waals surface area contributed by atoms with Crippen LogP contribution in [0.1, 0.15) is 17.4 Å². The van der Waals surface area contributed by atoms with Gasteiger partial charge in [-0.3, -0.25) is 14.8 Å². The van der Waals surface area contributed by atoms with Crippen molar-refractivity contribution >= 4 is 32.6 Å². The van der Waals surface area contributed by atoms with Crippen LogP contribution in [0.25, 0.3) is 10.2 Å². The molecule has 0 atom stereocenters. The fourth-order valence-corrected chi connectivity index (χ4v) is 2.73. The summed E-state index contributed by atoms with van der Waals surface area (Å²) in [6, 6.07) is 9.50. The number of fused-ring (bicyclic) bond motifs is 1. The van der Waals surface area contributed by atoms with Gasteiger partial charge in [0.05, 0.1) is 10.2 Å². The van der Waals surface area contributed by atoms with Crippen LogP contribution in [0, 0.1) is 0 Å². The van der Waals surface area contributed by atoms with Gasteiger partial charge in [0.25, 0.3) is 5.91 Å². The molecule has 0 aliphatic rings. The number of hydrogen-bond donors (Lipinski definition) is 1. The van der Waals surface area contributed by atoms with Crippen LogP contribution in [0.15, 0.2) is 36.5 Å². The topological polar surface area (TPSA) is 59.8 Å². The van der Waals surface area contributed by atoms with Crippen molar-refractivity contribution in [2.24, 2.45) is 0 Å². The molecule has 3 rings (SSSR count). The summed E-state index contributed by atoms with van der Waals surface area (Å²) in [7, 11) is 0. The molecule has 5 nitrogen and oxygen atoms in total. The average molecular weight is 272 g/mol. The van der Waals surface area contributed by atoms with Crippen molar-refractivity contribution in [1.29, 1.82) is 0 Å². The van der Waals surface area contributed by atoms with Crippen LogP contribution in [-0.4, -0.2) is 20.7 Å². The van der Waals surface area contributed by atoms with E-state index >= 15 is 0 Å². The van der Waals surface area contributed by atoms with E-state index in [1.54, 1.807) is 16.9 Å². The molecule has 0 saturated carbocycles. The Bertz CT molecular complexity index is 698. The average Bonchev–Trinajstić information content (AvgIpc) is 3.03. The summed E-state index contributed by atoms with van der Waals surface area (Å²) in [6.07, 6.45) is 1.62. The number of nitrogens with one attached hydrogen (secondary N) is 1. The van der Waals surface area contributed by atoms with Crippen molar-refractivity contribution in [2.45, 2.75) is 13.5 Å². The first kappa shape index (κ1) is 11.9. The Kier molecular flexibility index (Phi) is 3.00. The van der Waals surface area contributed by atoms with Gasteiger partial charge in [-0.05, 0) is 25.1 Å². The minimum Gasteiger partial charge on any atom is -0.296 e. The fraction of sp³-hybridized carbons (Fsp3) is 0.154. The summed E-state index contributed by atoms with van der Waals surface area (Å²) in [5.41, 5.74) is 1.44. The first-order valence-corrected chi connectivity index (χ1v) is 6.78. The van der Waals surface area contributed by atoms with Crippen LogP contribution in [-0.2, 0) is 6.54 Å². The number of amides is 1. The van der Waals surface area contributed by atoms with E-state index in [-0.39, 0.29) is 5.91 Å². The lowest BCUT2D eigenvalue weighted by Crippen LogP contribution is -2.17. The number of carbonyl (C=O) groups is 1. The van der Waals surface area contributed by atoms with Gasteiger partial charge in [-0.1, -0.05) is 23.5 Å². The fourth-order valence-electron chi connectivity index (χ4n) is 1.86. The van der Waals surface area contributed by atoms with Crippen molar-refractivity contribution in [3.8, 4) is 0 Å². The highest BCUT2D eigenvalue weighted by atomic mass is 32.1. The van der Waals surface area contributed by atoms with Crippen molar-refractivity contribution in [1.82, 2.24) is 14.8 Å². The predicted octanol–water partition coefficient (Wildman–Crippen LogP) is 2.77. The van der Waals surface area contributed by atoms with Crippen molar-refractivity contribution in [3.05, 3.63) is 42.2 Å². The summed E-state index contributed by atoms with van der Waals surface area (Å²) in [5, 5.41) is 7.50. The number of carbonyl (C=O) groups excluding carboxylic acids is 1. The van der Waals surface area contributed by atoms with Gasteiger partial charge in [0.15, 0.2) is 5.13 Å². The van der Waals surface area contributed by atoms with Gasteiger partial charge in [-0.15, -0.1) is 0 Å². The molecule has 1 N–H and O–H groups in total. The Morgan fingerprint density at radius 3 is 3.00 bits per heavy atom. The highest BCUT2D eigenvalue weighted by Gasteiger charge is 2.13. The van der Waals surface area contributed by atoms with Crippen molar-refractivity contribution in [3.63, 3.8) is 0 Å². The number of anilines is 1. The summed E-state index contributed by atoms with van der Waals surface area (Å²) in [6.45, 7) is 2.61. The molecule has 19 heavy (non-hydrogen) atoms. The maximum Gasteiger partial charge on any atom is 0.275 e. The van der Waals surface area contributed by atoms with E-state index in [2.05, 4.69) is 15.4 Å². The molecule has 0 aliphatic heterocycles. The Morgan fingerprint density at radius 1 is 1.37 bits per heavy atom. The van der Waals surface area contributed by atoms with E-state index in [1.807, 2.05) is 31.2 Å². The third kappa shape index (κ3) is 2.22. The maximum absolute atomic E-state index is 12.1. The highest BCUT2D eigenvalue weighted by molar-refractivity contribution is 7.22. The molecule has 1 aromatic carbocycles. The molecule has 0 radical (unpaired) electrons. The lowest BCUT2D eigenvalue weighted by molar-refractivity contribution is 0.101. The zero-order chi connectivity index (χ0) is 13.2. The van der Waals surface area contributed by atoms with E-state index in [1.165, 1.54) is 11.3 Å². The van der Waals surface area contributed by atoms with E-state index in [0.29, 0.717) is 17.4 Å². The van der Waals surface area contributed by atoms with Gasteiger partial charge >= 0.3 is 0 Å². The second-order valence-electron chi connectivity index (χ2n) is 3.97. The highest BCUT2D eigenvalue weighted by Crippen LogP contribution is 2.25. The predicted molar refractivity (Wildman–Crippen MR) is 75.5 cm³/mol. The first-order valence-electron chi connectivity index (χ1n) is 5.96. The third-order valence-electron chi connectivity index (χ3n) is 2.76. The van der Waals surface area contributed by atoms with Crippen molar-refractivity contribution < 1.29 is 4.79 Å². The number of benzene rings is 1. The minimum atomic E-state index is -0.182. The molecular formula is C13H12N4OS. The van der Waals surface area contributed by atoms with Crippen LogP contribution in [0.3, 0.4) is 0 Å². The maximum atomic E-state index is 12.1. The van der Waals surface area contributed by atoms with E-state index in [9.17, 15) is 4.79 Å². The Labute approximate surface area is 113 Å². The first-order chi connectivity index (χ1) is 9.28. The van der Waals surface area contributed by atoms with Crippen LogP contribution < -0.4 is 5.32 Å². The summed E-state index contributed by atoms with van der Waals surface area (Å²) < 4.78 is 2.71. The molecule has 0 unspecified atom stereocenters. The Balaban J connectivity index is 1.86. The molecule has 96 valence electrons. The normalized spacial score (nSPS) is 10.8. The monoisotopic (exact) mass is 272 g/mol. The van der Waals surface area contributed by atoms with Crippen LogP contribution >= 0.6 is 11.3 Å². The lowest BCUT2D eigenvalue weighted by Gasteiger charge is -2.03.